The maximum absolute atomic E-state index is 11.3. The quantitative estimate of drug-likeness (QED) is 0.688. The fourth-order valence-corrected chi connectivity index (χ4v) is 1.75. The standard InChI is InChI=1S/C12H17BO4/c1-8-6-9(7-10(14)15-8)13-16-11(2,3)12(4,5)17-13/h6-7H,1-5H3. The summed E-state index contributed by atoms with van der Waals surface area (Å²) in [5.74, 6) is 0.558. The van der Waals surface area contributed by atoms with Crippen LogP contribution in [0.25, 0.3) is 0 Å². The Morgan fingerprint density at radius 2 is 1.59 bits per heavy atom. The predicted molar refractivity (Wildman–Crippen MR) is 65.4 cm³/mol. The third kappa shape index (κ3) is 2.17. The van der Waals surface area contributed by atoms with Gasteiger partial charge in [-0.05, 0) is 46.1 Å². The van der Waals surface area contributed by atoms with Gasteiger partial charge < -0.3 is 13.7 Å². The van der Waals surface area contributed by atoms with E-state index in [1.165, 1.54) is 6.07 Å². The molecule has 0 bridgehead atoms. The van der Waals surface area contributed by atoms with Gasteiger partial charge in [0.15, 0.2) is 0 Å². The summed E-state index contributed by atoms with van der Waals surface area (Å²) in [5.41, 5.74) is -0.476. The molecule has 2 heterocycles. The SMILES string of the molecule is Cc1cc(B2OC(C)(C)C(C)(C)O2)cc(=O)o1. The fraction of sp³-hybridized carbons (Fsp3) is 0.583. The van der Waals surface area contributed by atoms with Gasteiger partial charge in [0.2, 0.25) is 0 Å². The van der Waals surface area contributed by atoms with Crippen LogP contribution in [0.2, 0.25) is 0 Å². The Bertz CT molecular complexity index is 474. The lowest BCUT2D eigenvalue weighted by Gasteiger charge is -2.32. The second kappa shape index (κ2) is 3.72. The highest BCUT2D eigenvalue weighted by Gasteiger charge is 2.51. The largest absolute Gasteiger partial charge is 0.495 e. The molecular weight excluding hydrogens is 219 g/mol. The first-order valence-electron chi connectivity index (χ1n) is 5.69. The van der Waals surface area contributed by atoms with Crippen molar-refractivity contribution in [2.75, 3.05) is 0 Å². The highest BCUT2D eigenvalue weighted by atomic mass is 16.7. The molecule has 1 aliphatic rings. The number of rotatable bonds is 1. The topological polar surface area (TPSA) is 48.7 Å². The zero-order valence-electron chi connectivity index (χ0n) is 10.9. The van der Waals surface area contributed by atoms with Crippen LogP contribution in [-0.4, -0.2) is 18.3 Å². The van der Waals surface area contributed by atoms with Gasteiger partial charge in [-0.25, -0.2) is 4.79 Å². The Morgan fingerprint density at radius 3 is 2.06 bits per heavy atom. The summed E-state index contributed by atoms with van der Waals surface area (Å²) in [5, 5.41) is 0. The molecule has 1 aromatic heterocycles. The molecule has 0 saturated carbocycles. The number of aryl methyl sites for hydroxylation is 1. The lowest BCUT2D eigenvalue weighted by atomic mass is 9.79. The second-order valence-electron chi connectivity index (χ2n) is 5.41. The van der Waals surface area contributed by atoms with Gasteiger partial charge in [0.05, 0.1) is 11.2 Å². The summed E-state index contributed by atoms with van der Waals surface area (Å²) >= 11 is 0. The van der Waals surface area contributed by atoms with Crippen LogP contribution in [0.3, 0.4) is 0 Å². The average molecular weight is 236 g/mol. The van der Waals surface area contributed by atoms with Crippen LogP contribution < -0.4 is 11.1 Å². The summed E-state index contributed by atoms with van der Waals surface area (Å²) in [7, 11) is -0.511. The van der Waals surface area contributed by atoms with Crippen molar-refractivity contribution in [3.8, 4) is 0 Å². The van der Waals surface area contributed by atoms with E-state index in [0.29, 0.717) is 11.2 Å². The molecule has 0 aliphatic carbocycles. The minimum atomic E-state index is -0.511. The normalized spacial score (nSPS) is 21.8. The molecule has 4 nitrogen and oxygen atoms in total. The van der Waals surface area contributed by atoms with E-state index >= 15 is 0 Å². The van der Waals surface area contributed by atoms with Gasteiger partial charge >= 0.3 is 12.7 Å². The first kappa shape index (κ1) is 12.4. The van der Waals surface area contributed by atoms with Crippen molar-refractivity contribution in [2.45, 2.75) is 45.8 Å². The third-order valence-corrected chi connectivity index (χ3v) is 3.44. The Morgan fingerprint density at radius 1 is 1.06 bits per heavy atom. The van der Waals surface area contributed by atoms with Crippen LogP contribution in [0.15, 0.2) is 21.3 Å². The molecule has 0 aromatic carbocycles. The van der Waals surface area contributed by atoms with Crippen molar-refractivity contribution in [1.29, 1.82) is 0 Å². The van der Waals surface area contributed by atoms with Crippen LogP contribution in [-0.2, 0) is 9.31 Å². The van der Waals surface area contributed by atoms with E-state index in [9.17, 15) is 4.79 Å². The summed E-state index contributed by atoms with van der Waals surface area (Å²) in [4.78, 5) is 11.3. The number of hydrogen-bond donors (Lipinski definition) is 0. The summed E-state index contributed by atoms with van der Waals surface area (Å²) in [6.45, 7) is 9.64. The Hall–Kier alpha value is -1.07. The molecule has 0 N–H and O–H groups in total. The smallest absolute Gasteiger partial charge is 0.428 e. The van der Waals surface area contributed by atoms with E-state index in [0.717, 1.165) is 0 Å². The van der Waals surface area contributed by atoms with Gasteiger partial charge in [0.25, 0.3) is 0 Å². The molecule has 17 heavy (non-hydrogen) atoms. The molecule has 0 atom stereocenters. The molecule has 0 spiro atoms. The summed E-state index contributed by atoms with van der Waals surface area (Å²) in [6.07, 6.45) is 0. The molecule has 1 saturated heterocycles. The molecule has 0 amide bonds. The lowest BCUT2D eigenvalue weighted by Crippen LogP contribution is -2.41. The molecule has 0 unspecified atom stereocenters. The van der Waals surface area contributed by atoms with Gasteiger partial charge in [-0.3, -0.25) is 0 Å². The van der Waals surface area contributed by atoms with Crippen molar-refractivity contribution in [3.63, 3.8) is 0 Å². The van der Waals surface area contributed by atoms with Crippen molar-refractivity contribution in [2.24, 2.45) is 0 Å². The lowest BCUT2D eigenvalue weighted by molar-refractivity contribution is 0.00578. The maximum Gasteiger partial charge on any atom is 0.495 e. The van der Waals surface area contributed by atoms with Crippen LogP contribution in [0.5, 0.6) is 0 Å². The van der Waals surface area contributed by atoms with Gasteiger partial charge in [0, 0.05) is 6.07 Å². The summed E-state index contributed by atoms with van der Waals surface area (Å²) < 4.78 is 16.6. The van der Waals surface area contributed by atoms with Gasteiger partial charge in [-0.2, -0.15) is 0 Å². The molecule has 1 fully saturated rings. The molecule has 1 aliphatic heterocycles. The third-order valence-electron chi connectivity index (χ3n) is 3.44. The van der Waals surface area contributed by atoms with Crippen molar-refractivity contribution in [1.82, 2.24) is 0 Å². The second-order valence-corrected chi connectivity index (χ2v) is 5.41. The van der Waals surface area contributed by atoms with Crippen molar-refractivity contribution < 1.29 is 13.7 Å². The zero-order chi connectivity index (χ0) is 12.8. The average Bonchev–Trinajstić information content (AvgIpc) is 2.34. The van der Waals surface area contributed by atoms with Crippen LogP contribution in [0.1, 0.15) is 33.5 Å². The Balaban J connectivity index is 2.35. The van der Waals surface area contributed by atoms with Crippen LogP contribution in [0, 0.1) is 6.92 Å². The highest BCUT2D eigenvalue weighted by molar-refractivity contribution is 6.62. The number of hydrogen-bond acceptors (Lipinski definition) is 4. The summed E-state index contributed by atoms with van der Waals surface area (Å²) in [6, 6.07) is 3.18. The molecule has 92 valence electrons. The van der Waals surface area contributed by atoms with E-state index < -0.39 is 18.3 Å². The minimum absolute atomic E-state index is 0.380. The maximum atomic E-state index is 11.3. The Labute approximate surface area is 101 Å². The molecule has 5 heteroatoms. The molecule has 0 radical (unpaired) electrons. The molecular formula is C12H17BO4. The zero-order valence-corrected chi connectivity index (χ0v) is 10.9. The van der Waals surface area contributed by atoms with E-state index in [4.69, 9.17) is 13.7 Å². The van der Waals surface area contributed by atoms with Crippen molar-refractivity contribution in [3.05, 3.63) is 28.3 Å². The predicted octanol–water partition coefficient (Wildman–Crippen LogP) is 1.25. The van der Waals surface area contributed by atoms with Crippen molar-refractivity contribution >= 4 is 12.6 Å². The highest BCUT2D eigenvalue weighted by Crippen LogP contribution is 2.36. The van der Waals surface area contributed by atoms with E-state index in [2.05, 4.69) is 0 Å². The Kier molecular flexibility index (Phi) is 2.71. The fourth-order valence-electron chi connectivity index (χ4n) is 1.75. The minimum Gasteiger partial charge on any atom is -0.428 e. The van der Waals surface area contributed by atoms with Crippen LogP contribution in [0.4, 0.5) is 0 Å². The first-order chi connectivity index (χ1) is 7.71. The van der Waals surface area contributed by atoms with Gasteiger partial charge in [0.1, 0.15) is 5.76 Å². The van der Waals surface area contributed by atoms with E-state index in [1.807, 2.05) is 27.7 Å². The van der Waals surface area contributed by atoms with E-state index in [1.54, 1.807) is 13.0 Å². The van der Waals surface area contributed by atoms with Gasteiger partial charge in [-0.1, -0.05) is 0 Å². The van der Waals surface area contributed by atoms with E-state index in [-0.39, 0.29) is 5.63 Å². The monoisotopic (exact) mass is 236 g/mol. The van der Waals surface area contributed by atoms with Gasteiger partial charge in [-0.15, -0.1) is 0 Å². The molecule has 1 aromatic rings. The molecule has 2 rings (SSSR count). The van der Waals surface area contributed by atoms with Crippen LogP contribution >= 0.6 is 0 Å². The first-order valence-corrected chi connectivity index (χ1v) is 5.69.